The molecule has 0 unspecified atom stereocenters. The van der Waals surface area contributed by atoms with Crippen molar-refractivity contribution in [1.82, 2.24) is 9.97 Å². The molecule has 2 rings (SSSR count). The summed E-state index contributed by atoms with van der Waals surface area (Å²) in [6, 6.07) is 4.36. The second-order valence-corrected chi connectivity index (χ2v) is 3.86. The van der Waals surface area contributed by atoms with Gasteiger partial charge in [-0.15, -0.1) is 11.6 Å². The van der Waals surface area contributed by atoms with Gasteiger partial charge in [0.25, 0.3) is 0 Å². The lowest BCUT2D eigenvalue weighted by atomic mass is 10.0. The van der Waals surface area contributed by atoms with Gasteiger partial charge in [0, 0.05) is 29.7 Å². The number of hydrogen-bond donors (Lipinski definition) is 0. The Morgan fingerprint density at radius 1 is 1.22 bits per heavy atom. The van der Waals surface area contributed by atoms with Crippen molar-refractivity contribution < 1.29 is 13.2 Å². The molecule has 0 bridgehead atoms. The number of hydrogen-bond acceptors (Lipinski definition) is 2. The fraction of sp³-hybridized carbons (Fsp3) is 0.167. The molecule has 0 saturated carbocycles. The predicted octanol–water partition coefficient (Wildman–Crippen LogP) is 3.90. The highest BCUT2D eigenvalue weighted by Crippen LogP contribution is 2.33. The van der Waals surface area contributed by atoms with Crippen molar-refractivity contribution >= 4 is 11.6 Å². The molecular weight excluding hydrogens is 265 g/mol. The van der Waals surface area contributed by atoms with E-state index in [-0.39, 0.29) is 5.88 Å². The molecule has 0 atom stereocenters. The standard InChI is InChI=1S/C12H8ClF3N2/c13-5-11-10(8-2-1-3-17-6-8)4-9(7-18-11)12(14,15)16/h1-4,6-7H,5H2. The van der Waals surface area contributed by atoms with Gasteiger partial charge in [-0.1, -0.05) is 6.07 Å². The van der Waals surface area contributed by atoms with Crippen LogP contribution in [0, 0.1) is 0 Å². The lowest BCUT2D eigenvalue weighted by Crippen LogP contribution is -2.07. The quantitative estimate of drug-likeness (QED) is 0.775. The number of halogens is 4. The molecule has 0 N–H and O–H groups in total. The second-order valence-electron chi connectivity index (χ2n) is 3.59. The van der Waals surface area contributed by atoms with Gasteiger partial charge in [0.2, 0.25) is 0 Å². The van der Waals surface area contributed by atoms with Gasteiger partial charge in [-0.3, -0.25) is 9.97 Å². The third kappa shape index (κ3) is 2.61. The SMILES string of the molecule is FC(F)(F)c1cnc(CCl)c(-c2cccnc2)c1. The molecule has 2 aromatic rings. The zero-order valence-corrected chi connectivity index (χ0v) is 9.83. The van der Waals surface area contributed by atoms with E-state index in [1.165, 1.54) is 6.20 Å². The van der Waals surface area contributed by atoms with E-state index in [9.17, 15) is 13.2 Å². The zero-order valence-electron chi connectivity index (χ0n) is 9.08. The summed E-state index contributed by atoms with van der Waals surface area (Å²) in [5.41, 5.74) is 0.521. The van der Waals surface area contributed by atoms with Crippen LogP contribution < -0.4 is 0 Å². The first-order chi connectivity index (χ1) is 8.52. The van der Waals surface area contributed by atoms with Gasteiger partial charge >= 0.3 is 6.18 Å². The Bertz CT molecular complexity index is 541. The topological polar surface area (TPSA) is 25.8 Å². The molecule has 0 aliphatic rings. The van der Waals surface area contributed by atoms with Crippen LogP contribution in [0.3, 0.4) is 0 Å². The highest BCUT2D eigenvalue weighted by Gasteiger charge is 2.31. The summed E-state index contributed by atoms with van der Waals surface area (Å²) >= 11 is 5.68. The van der Waals surface area contributed by atoms with E-state index < -0.39 is 11.7 Å². The minimum Gasteiger partial charge on any atom is -0.264 e. The summed E-state index contributed by atoms with van der Waals surface area (Å²) < 4.78 is 37.9. The summed E-state index contributed by atoms with van der Waals surface area (Å²) in [5, 5.41) is 0. The number of nitrogens with zero attached hydrogens (tertiary/aromatic N) is 2. The van der Waals surface area contributed by atoms with E-state index in [0.29, 0.717) is 16.8 Å². The van der Waals surface area contributed by atoms with Crippen molar-refractivity contribution in [2.24, 2.45) is 0 Å². The van der Waals surface area contributed by atoms with Gasteiger partial charge < -0.3 is 0 Å². The summed E-state index contributed by atoms with van der Waals surface area (Å²) in [4.78, 5) is 7.64. The van der Waals surface area contributed by atoms with Crippen LogP contribution >= 0.6 is 11.6 Å². The maximum atomic E-state index is 12.6. The maximum Gasteiger partial charge on any atom is 0.417 e. The molecule has 0 fully saturated rings. The largest absolute Gasteiger partial charge is 0.417 e. The van der Waals surface area contributed by atoms with Gasteiger partial charge in [-0.25, -0.2) is 0 Å². The van der Waals surface area contributed by atoms with Gasteiger partial charge in [0.05, 0.1) is 17.1 Å². The summed E-state index contributed by atoms with van der Waals surface area (Å²) in [5.74, 6) is 0.0440. The van der Waals surface area contributed by atoms with Crippen molar-refractivity contribution in [2.75, 3.05) is 0 Å². The highest BCUT2D eigenvalue weighted by molar-refractivity contribution is 6.17. The van der Waals surface area contributed by atoms with E-state index in [1.807, 2.05) is 0 Å². The number of pyridine rings is 2. The molecule has 0 aromatic carbocycles. The molecule has 0 aliphatic heterocycles. The van der Waals surface area contributed by atoms with Crippen LogP contribution in [0.2, 0.25) is 0 Å². The van der Waals surface area contributed by atoms with Crippen molar-refractivity contribution in [2.45, 2.75) is 12.1 Å². The third-order valence-corrected chi connectivity index (χ3v) is 2.65. The molecule has 0 spiro atoms. The first-order valence-corrected chi connectivity index (χ1v) is 5.58. The molecule has 0 amide bonds. The van der Waals surface area contributed by atoms with E-state index in [0.717, 1.165) is 12.3 Å². The van der Waals surface area contributed by atoms with Crippen molar-refractivity contribution in [3.8, 4) is 11.1 Å². The Hall–Kier alpha value is -1.62. The van der Waals surface area contributed by atoms with Crippen molar-refractivity contribution in [1.29, 1.82) is 0 Å². The molecule has 2 nitrogen and oxygen atoms in total. The van der Waals surface area contributed by atoms with Crippen LogP contribution in [-0.4, -0.2) is 9.97 Å². The lowest BCUT2D eigenvalue weighted by Gasteiger charge is -2.11. The maximum absolute atomic E-state index is 12.6. The second kappa shape index (κ2) is 4.94. The Morgan fingerprint density at radius 3 is 2.56 bits per heavy atom. The van der Waals surface area contributed by atoms with Crippen LogP contribution in [0.1, 0.15) is 11.3 Å². The highest BCUT2D eigenvalue weighted by atomic mass is 35.5. The normalized spacial score (nSPS) is 11.6. The summed E-state index contributed by atoms with van der Waals surface area (Å²) in [6.45, 7) is 0. The average Bonchev–Trinajstić information content (AvgIpc) is 2.38. The molecule has 18 heavy (non-hydrogen) atoms. The Labute approximate surface area is 106 Å². The predicted molar refractivity (Wildman–Crippen MR) is 62.0 cm³/mol. The first kappa shape index (κ1) is 12.8. The lowest BCUT2D eigenvalue weighted by molar-refractivity contribution is -0.137. The van der Waals surface area contributed by atoms with Gasteiger partial charge in [-0.05, 0) is 12.1 Å². The molecule has 94 valence electrons. The van der Waals surface area contributed by atoms with Crippen molar-refractivity contribution in [3.63, 3.8) is 0 Å². The number of alkyl halides is 4. The molecule has 0 saturated heterocycles. The van der Waals surface area contributed by atoms with E-state index in [2.05, 4.69) is 9.97 Å². The first-order valence-electron chi connectivity index (χ1n) is 5.05. The summed E-state index contributed by atoms with van der Waals surface area (Å²) in [7, 11) is 0. The molecule has 0 aliphatic carbocycles. The molecule has 2 heterocycles. The molecule has 2 aromatic heterocycles. The van der Waals surface area contributed by atoms with Gasteiger partial charge in [-0.2, -0.15) is 13.2 Å². The Balaban J connectivity index is 2.57. The minimum absolute atomic E-state index is 0.0440. The molecule has 0 radical (unpaired) electrons. The Morgan fingerprint density at radius 2 is 2.00 bits per heavy atom. The van der Waals surface area contributed by atoms with Crippen LogP contribution in [0.5, 0.6) is 0 Å². The van der Waals surface area contributed by atoms with Crippen LogP contribution in [-0.2, 0) is 12.1 Å². The minimum atomic E-state index is -4.42. The number of rotatable bonds is 2. The number of aromatic nitrogens is 2. The van der Waals surface area contributed by atoms with E-state index in [4.69, 9.17) is 11.6 Å². The fourth-order valence-electron chi connectivity index (χ4n) is 1.53. The van der Waals surface area contributed by atoms with Crippen LogP contribution in [0.15, 0.2) is 36.8 Å². The van der Waals surface area contributed by atoms with Gasteiger partial charge in [0.15, 0.2) is 0 Å². The zero-order chi connectivity index (χ0) is 13.2. The van der Waals surface area contributed by atoms with Gasteiger partial charge in [0.1, 0.15) is 0 Å². The fourth-order valence-corrected chi connectivity index (χ4v) is 1.74. The molecule has 6 heteroatoms. The Kier molecular flexibility index (Phi) is 3.52. The smallest absolute Gasteiger partial charge is 0.264 e. The average molecular weight is 273 g/mol. The van der Waals surface area contributed by atoms with Crippen LogP contribution in [0.25, 0.3) is 11.1 Å². The van der Waals surface area contributed by atoms with E-state index >= 15 is 0 Å². The monoisotopic (exact) mass is 272 g/mol. The van der Waals surface area contributed by atoms with E-state index in [1.54, 1.807) is 18.3 Å². The molecular formula is C12H8ClF3N2. The third-order valence-electron chi connectivity index (χ3n) is 2.40. The summed E-state index contributed by atoms with van der Waals surface area (Å²) in [6.07, 6.45) is -0.607. The van der Waals surface area contributed by atoms with Crippen LogP contribution in [0.4, 0.5) is 13.2 Å². The van der Waals surface area contributed by atoms with Crippen molar-refractivity contribution in [3.05, 3.63) is 48.0 Å².